The van der Waals surface area contributed by atoms with Gasteiger partial charge in [0.2, 0.25) is 0 Å². The van der Waals surface area contributed by atoms with Crippen LogP contribution in [0.3, 0.4) is 0 Å². The molecule has 1 saturated heterocycles. The molecule has 1 aliphatic heterocycles. The summed E-state index contributed by atoms with van der Waals surface area (Å²) in [6.07, 6.45) is 3.22. The molecule has 1 fully saturated rings. The second-order valence-electron chi connectivity index (χ2n) is 7.89. The number of carbonyl (C=O) groups excluding carboxylic acids is 1. The Morgan fingerprint density at radius 2 is 1.92 bits per heavy atom. The van der Waals surface area contributed by atoms with Gasteiger partial charge in [0, 0.05) is 19.1 Å². The first-order chi connectivity index (χ1) is 11.8. The molecule has 0 aliphatic carbocycles. The Labute approximate surface area is 152 Å². The molecule has 0 spiro atoms. The first-order valence-corrected chi connectivity index (χ1v) is 9.64. The summed E-state index contributed by atoms with van der Waals surface area (Å²) in [5.41, 5.74) is 0.252. The monoisotopic (exact) mass is 346 g/mol. The number of nitrogens with one attached hydrogen (secondary N) is 1. The lowest BCUT2D eigenvalue weighted by Crippen LogP contribution is -2.52. The highest BCUT2D eigenvalue weighted by atomic mass is 16.5. The maximum Gasteiger partial charge on any atom is 0.263 e. The number of rotatable bonds is 7. The molecule has 25 heavy (non-hydrogen) atoms. The molecule has 0 bridgehead atoms. The van der Waals surface area contributed by atoms with E-state index >= 15 is 0 Å². The van der Waals surface area contributed by atoms with E-state index < -0.39 is 5.60 Å². The van der Waals surface area contributed by atoms with Crippen molar-refractivity contribution in [3.63, 3.8) is 0 Å². The average molecular weight is 347 g/mol. The third-order valence-corrected chi connectivity index (χ3v) is 4.92. The number of benzene rings is 1. The van der Waals surface area contributed by atoms with Crippen molar-refractivity contribution in [2.24, 2.45) is 0 Å². The molecule has 1 amide bonds. The minimum Gasteiger partial charge on any atom is -0.478 e. The van der Waals surface area contributed by atoms with Crippen molar-refractivity contribution in [2.45, 2.75) is 71.4 Å². The van der Waals surface area contributed by atoms with Crippen LogP contribution in [0.2, 0.25) is 0 Å². The van der Waals surface area contributed by atoms with Crippen LogP contribution in [0.1, 0.15) is 65.4 Å². The van der Waals surface area contributed by atoms with Crippen LogP contribution in [0.4, 0.5) is 0 Å². The van der Waals surface area contributed by atoms with Crippen LogP contribution in [-0.2, 0) is 4.79 Å². The first-order valence-electron chi connectivity index (χ1n) is 9.64. The molecule has 0 saturated carbocycles. The van der Waals surface area contributed by atoms with Crippen LogP contribution >= 0.6 is 0 Å². The van der Waals surface area contributed by atoms with Crippen LogP contribution in [0.25, 0.3) is 0 Å². The minimum absolute atomic E-state index is 0.0278. The summed E-state index contributed by atoms with van der Waals surface area (Å²) in [6, 6.07) is 8.24. The van der Waals surface area contributed by atoms with Gasteiger partial charge in [-0.1, -0.05) is 39.0 Å². The lowest BCUT2D eigenvalue weighted by molar-refractivity contribution is -0.135. The van der Waals surface area contributed by atoms with Crippen LogP contribution < -0.4 is 10.1 Å². The predicted molar refractivity (Wildman–Crippen MR) is 103 cm³/mol. The van der Waals surface area contributed by atoms with Crippen LogP contribution in [-0.4, -0.2) is 42.1 Å². The average Bonchev–Trinajstić information content (AvgIpc) is 2.56. The number of para-hydroxylation sites is 1. The van der Waals surface area contributed by atoms with Gasteiger partial charge in [0.25, 0.3) is 5.91 Å². The van der Waals surface area contributed by atoms with Crippen LogP contribution in [0.15, 0.2) is 24.3 Å². The summed E-state index contributed by atoms with van der Waals surface area (Å²) < 4.78 is 6.13. The van der Waals surface area contributed by atoms with Gasteiger partial charge in [-0.3, -0.25) is 4.79 Å². The molecule has 140 valence electrons. The Kier molecular flexibility index (Phi) is 6.88. The first kappa shape index (κ1) is 19.8. The van der Waals surface area contributed by atoms with Gasteiger partial charge in [0.05, 0.1) is 0 Å². The van der Waals surface area contributed by atoms with Gasteiger partial charge in [0.1, 0.15) is 5.75 Å². The largest absolute Gasteiger partial charge is 0.478 e. The number of likely N-dealkylation sites (tertiary alicyclic amines) is 1. The molecular weight excluding hydrogens is 312 g/mol. The lowest BCUT2D eigenvalue weighted by Gasteiger charge is -2.34. The fraction of sp³-hybridized carbons (Fsp3) is 0.667. The van der Waals surface area contributed by atoms with E-state index in [1.54, 1.807) is 0 Å². The molecule has 1 aromatic rings. The van der Waals surface area contributed by atoms with Crippen LogP contribution in [0.5, 0.6) is 5.75 Å². The van der Waals surface area contributed by atoms with E-state index in [4.69, 9.17) is 4.74 Å². The van der Waals surface area contributed by atoms with Gasteiger partial charge < -0.3 is 15.0 Å². The summed E-state index contributed by atoms with van der Waals surface area (Å²) in [5, 5.41) is 3.20. The van der Waals surface area contributed by atoms with Crippen molar-refractivity contribution >= 4 is 5.91 Å². The maximum absolute atomic E-state index is 12.8. The third-order valence-electron chi connectivity index (χ3n) is 4.92. The molecular formula is C21H34N2O2. The van der Waals surface area contributed by atoms with Gasteiger partial charge >= 0.3 is 0 Å². The smallest absolute Gasteiger partial charge is 0.263 e. The van der Waals surface area contributed by atoms with Gasteiger partial charge in [-0.2, -0.15) is 0 Å². The zero-order valence-corrected chi connectivity index (χ0v) is 16.5. The second kappa shape index (κ2) is 8.70. The molecule has 4 nitrogen and oxygen atoms in total. The number of hydrogen-bond acceptors (Lipinski definition) is 3. The van der Waals surface area contributed by atoms with Crippen molar-refractivity contribution in [3.8, 4) is 5.75 Å². The van der Waals surface area contributed by atoms with E-state index in [1.807, 2.05) is 32.0 Å². The Hall–Kier alpha value is -1.55. The Morgan fingerprint density at radius 1 is 1.28 bits per heavy atom. The predicted octanol–water partition coefficient (Wildman–Crippen LogP) is 3.96. The topological polar surface area (TPSA) is 41.6 Å². The number of carbonyl (C=O) groups is 1. The highest BCUT2D eigenvalue weighted by molar-refractivity contribution is 5.85. The third kappa shape index (κ3) is 5.46. The van der Waals surface area contributed by atoms with Crippen molar-refractivity contribution in [1.29, 1.82) is 0 Å². The van der Waals surface area contributed by atoms with Crippen molar-refractivity contribution in [1.82, 2.24) is 10.2 Å². The van der Waals surface area contributed by atoms with Gasteiger partial charge in [0.15, 0.2) is 5.60 Å². The van der Waals surface area contributed by atoms with Crippen molar-refractivity contribution in [3.05, 3.63) is 29.8 Å². The number of ether oxygens (including phenoxy) is 1. The van der Waals surface area contributed by atoms with E-state index in [2.05, 4.69) is 37.1 Å². The van der Waals surface area contributed by atoms with Crippen molar-refractivity contribution < 1.29 is 9.53 Å². The minimum atomic E-state index is -0.883. The molecule has 2 rings (SSSR count). The molecule has 4 heteroatoms. The number of nitrogens with zero attached hydrogens (tertiary/aromatic N) is 1. The normalized spacial score (nSPS) is 16.9. The molecule has 1 aliphatic rings. The summed E-state index contributed by atoms with van der Waals surface area (Å²) in [4.78, 5) is 15.3. The molecule has 0 unspecified atom stereocenters. The highest BCUT2D eigenvalue weighted by Gasteiger charge is 2.33. The zero-order valence-electron chi connectivity index (χ0n) is 16.5. The van der Waals surface area contributed by atoms with Gasteiger partial charge in [-0.25, -0.2) is 0 Å². The highest BCUT2D eigenvalue weighted by Crippen LogP contribution is 2.29. The lowest BCUT2D eigenvalue weighted by atomic mass is 10.0. The maximum atomic E-state index is 12.8. The molecule has 1 N–H and O–H groups in total. The quantitative estimate of drug-likeness (QED) is 0.812. The van der Waals surface area contributed by atoms with E-state index in [1.165, 1.54) is 6.42 Å². The van der Waals surface area contributed by atoms with E-state index in [-0.39, 0.29) is 11.9 Å². The fourth-order valence-electron chi connectivity index (χ4n) is 3.35. The Bertz CT molecular complexity index is 561. The number of piperidine rings is 1. The Balaban J connectivity index is 1.94. The Morgan fingerprint density at radius 3 is 2.52 bits per heavy atom. The van der Waals surface area contributed by atoms with Gasteiger partial charge in [-0.05, 0) is 57.2 Å². The molecule has 1 aromatic carbocycles. The SMILES string of the molecule is CCCN1CCC(NC(=O)C(C)(C)Oc2ccccc2C(C)C)CC1. The molecule has 0 atom stereocenters. The number of hydrogen-bond donors (Lipinski definition) is 1. The van der Waals surface area contributed by atoms with Crippen LogP contribution in [0, 0.1) is 0 Å². The molecule has 1 heterocycles. The summed E-state index contributed by atoms with van der Waals surface area (Å²) in [7, 11) is 0. The van der Waals surface area contributed by atoms with E-state index in [0.717, 1.165) is 43.8 Å². The van der Waals surface area contributed by atoms with E-state index in [0.29, 0.717) is 5.92 Å². The van der Waals surface area contributed by atoms with E-state index in [9.17, 15) is 4.79 Å². The molecule has 0 aromatic heterocycles. The van der Waals surface area contributed by atoms with Gasteiger partial charge in [-0.15, -0.1) is 0 Å². The summed E-state index contributed by atoms with van der Waals surface area (Å²) in [6.45, 7) is 13.5. The second-order valence-corrected chi connectivity index (χ2v) is 7.89. The summed E-state index contributed by atoms with van der Waals surface area (Å²) >= 11 is 0. The summed E-state index contributed by atoms with van der Waals surface area (Å²) in [5.74, 6) is 1.13. The fourth-order valence-corrected chi connectivity index (χ4v) is 3.35. The van der Waals surface area contributed by atoms with Crippen molar-refractivity contribution in [2.75, 3.05) is 19.6 Å². The molecule has 0 radical (unpaired) electrons. The zero-order chi connectivity index (χ0) is 18.4. The number of amides is 1. The standard InChI is InChI=1S/C21H34N2O2/c1-6-13-23-14-11-17(12-15-23)22-20(24)21(4,5)25-19-10-8-7-9-18(19)16(2)3/h7-10,16-17H,6,11-15H2,1-5H3,(H,22,24).